The molecule has 2 aromatic carbocycles. The zero-order valence-electron chi connectivity index (χ0n) is 18.1. The molecule has 3 heteroatoms. The number of carbonyl (C=O) groups excluding carboxylic acids is 1. The topological polar surface area (TPSA) is 23.6 Å². The molecule has 28 heavy (non-hydrogen) atoms. The van der Waals surface area contributed by atoms with Crippen molar-refractivity contribution in [2.24, 2.45) is 0 Å². The SMILES string of the molecule is CCN(CC)c1ccccc1CCC(=O)CCc1ccccc1N(CC)CC. The lowest BCUT2D eigenvalue weighted by molar-refractivity contribution is -0.119. The third-order valence-electron chi connectivity index (χ3n) is 5.54. The number of aryl methyl sites for hydroxylation is 2. The van der Waals surface area contributed by atoms with Crippen molar-refractivity contribution in [2.75, 3.05) is 36.0 Å². The summed E-state index contributed by atoms with van der Waals surface area (Å²) in [5.41, 5.74) is 5.10. The Hall–Kier alpha value is -2.29. The fourth-order valence-corrected chi connectivity index (χ4v) is 3.86. The van der Waals surface area contributed by atoms with Gasteiger partial charge in [0.15, 0.2) is 0 Å². The van der Waals surface area contributed by atoms with Crippen molar-refractivity contribution in [3.8, 4) is 0 Å². The summed E-state index contributed by atoms with van der Waals surface area (Å²) in [5.74, 6) is 0.351. The van der Waals surface area contributed by atoms with Crippen LogP contribution in [0.15, 0.2) is 48.5 Å². The fraction of sp³-hybridized carbons (Fsp3) is 0.480. The summed E-state index contributed by atoms with van der Waals surface area (Å²) in [6.07, 6.45) is 2.88. The quantitative estimate of drug-likeness (QED) is 0.485. The molecule has 0 unspecified atom stereocenters. The van der Waals surface area contributed by atoms with Crippen LogP contribution < -0.4 is 9.80 Å². The monoisotopic (exact) mass is 380 g/mol. The summed E-state index contributed by atoms with van der Waals surface area (Å²) < 4.78 is 0. The highest BCUT2D eigenvalue weighted by Gasteiger charge is 2.12. The number of para-hydroxylation sites is 2. The van der Waals surface area contributed by atoms with Crippen LogP contribution in [0.4, 0.5) is 11.4 Å². The molecule has 0 N–H and O–H groups in total. The van der Waals surface area contributed by atoms with E-state index in [4.69, 9.17) is 0 Å². The van der Waals surface area contributed by atoms with Crippen LogP contribution in [0.5, 0.6) is 0 Å². The van der Waals surface area contributed by atoms with Gasteiger partial charge < -0.3 is 9.80 Å². The van der Waals surface area contributed by atoms with E-state index in [-0.39, 0.29) is 0 Å². The highest BCUT2D eigenvalue weighted by atomic mass is 16.1. The molecule has 0 atom stereocenters. The maximum atomic E-state index is 12.6. The van der Waals surface area contributed by atoms with Crippen LogP contribution in [-0.4, -0.2) is 32.0 Å². The molecule has 0 aliphatic rings. The molecule has 0 amide bonds. The third-order valence-corrected chi connectivity index (χ3v) is 5.54. The van der Waals surface area contributed by atoms with Gasteiger partial charge in [-0.25, -0.2) is 0 Å². The molecule has 0 fully saturated rings. The molecule has 152 valence electrons. The summed E-state index contributed by atoms with van der Waals surface area (Å²) in [6.45, 7) is 12.7. The summed E-state index contributed by atoms with van der Waals surface area (Å²) in [6, 6.07) is 17.0. The Labute approximate surface area is 171 Å². The lowest BCUT2D eigenvalue weighted by Gasteiger charge is -2.24. The number of hydrogen-bond donors (Lipinski definition) is 0. The molecule has 0 bridgehead atoms. The number of anilines is 2. The predicted octanol–water partition coefficient (Wildman–Crippen LogP) is 5.51. The van der Waals surface area contributed by atoms with Gasteiger partial charge in [-0.05, 0) is 63.8 Å². The normalized spacial score (nSPS) is 10.7. The molecule has 0 spiro atoms. The highest BCUT2D eigenvalue weighted by molar-refractivity contribution is 5.79. The van der Waals surface area contributed by atoms with E-state index in [0.29, 0.717) is 18.6 Å². The van der Waals surface area contributed by atoms with Crippen LogP contribution in [-0.2, 0) is 17.6 Å². The van der Waals surface area contributed by atoms with Gasteiger partial charge in [0.25, 0.3) is 0 Å². The maximum absolute atomic E-state index is 12.6. The van der Waals surface area contributed by atoms with Crippen molar-refractivity contribution in [1.29, 1.82) is 0 Å². The Morgan fingerprint density at radius 1 is 0.643 bits per heavy atom. The number of nitrogens with zero attached hydrogens (tertiary/aromatic N) is 2. The predicted molar refractivity (Wildman–Crippen MR) is 122 cm³/mol. The van der Waals surface area contributed by atoms with Gasteiger partial charge >= 0.3 is 0 Å². The molecule has 0 radical (unpaired) electrons. The summed E-state index contributed by atoms with van der Waals surface area (Å²) >= 11 is 0. The second-order valence-electron chi connectivity index (χ2n) is 7.14. The summed E-state index contributed by atoms with van der Waals surface area (Å²) in [5, 5.41) is 0. The van der Waals surface area contributed by atoms with Gasteiger partial charge in [-0.15, -0.1) is 0 Å². The molecule has 2 aromatic rings. The van der Waals surface area contributed by atoms with Gasteiger partial charge in [0, 0.05) is 50.4 Å². The van der Waals surface area contributed by atoms with Crippen LogP contribution in [0.3, 0.4) is 0 Å². The maximum Gasteiger partial charge on any atom is 0.133 e. The molecule has 0 saturated carbocycles. The third kappa shape index (κ3) is 5.85. The van der Waals surface area contributed by atoms with E-state index < -0.39 is 0 Å². The van der Waals surface area contributed by atoms with E-state index in [2.05, 4.69) is 86.0 Å². The van der Waals surface area contributed by atoms with E-state index in [1.165, 1.54) is 22.5 Å². The number of ketones is 1. The first-order valence-corrected chi connectivity index (χ1v) is 10.8. The van der Waals surface area contributed by atoms with E-state index in [9.17, 15) is 4.79 Å². The first kappa shape index (κ1) is 22.0. The van der Waals surface area contributed by atoms with E-state index in [1.807, 2.05) is 0 Å². The van der Waals surface area contributed by atoms with E-state index in [1.54, 1.807) is 0 Å². The van der Waals surface area contributed by atoms with Crippen LogP contribution in [0.25, 0.3) is 0 Å². The Morgan fingerprint density at radius 3 is 1.36 bits per heavy atom. The minimum atomic E-state index is 0.351. The largest absolute Gasteiger partial charge is 0.372 e. The molecular weight excluding hydrogens is 344 g/mol. The van der Waals surface area contributed by atoms with Gasteiger partial charge in [-0.2, -0.15) is 0 Å². The van der Waals surface area contributed by atoms with Crippen LogP contribution in [0.1, 0.15) is 51.7 Å². The minimum Gasteiger partial charge on any atom is -0.372 e. The summed E-state index contributed by atoms with van der Waals surface area (Å²) in [4.78, 5) is 17.3. The number of hydrogen-bond acceptors (Lipinski definition) is 3. The lowest BCUT2D eigenvalue weighted by Crippen LogP contribution is -2.23. The Balaban J connectivity index is 1.97. The molecule has 3 nitrogen and oxygen atoms in total. The van der Waals surface area contributed by atoms with Crippen molar-refractivity contribution in [1.82, 2.24) is 0 Å². The average Bonchev–Trinajstić information content (AvgIpc) is 2.74. The Morgan fingerprint density at radius 2 is 1.00 bits per heavy atom. The van der Waals surface area contributed by atoms with Crippen molar-refractivity contribution in [2.45, 2.75) is 53.4 Å². The van der Waals surface area contributed by atoms with Gasteiger partial charge in [-0.1, -0.05) is 36.4 Å². The van der Waals surface area contributed by atoms with Gasteiger partial charge in [-0.3, -0.25) is 4.79 Å². The Bertz CT molecular complexity index is 671. The lowest BCUT2D eigenvalue weighted by atomic mass is 10.00. The van der Waals surface area contributed by atoms with E-state index in [0.717, 1.165) is 39.0 Å². The molecule has 2 rings (SSSR count). The molecule has 0 aromatic heterocycles. The van der Waals surface area contributed by atoms with Crippen LogP contribution >= 0.6 is 0 Å². The van der Waals surface area contributed by atoms with Crippen LogP contribution in [0, 0.1) is 0 Å². The minimum absolute atomic E-state index is 0.351. The van der Waals surface area contributed by atoms with E-state index >= 15 is 0 Å². The fourth-order valence-electron chi connectivity index (χ4n) is 3.86. The number of rotatable bonds is 12. The molecule has 0 saturated heterocycles. The first-order valence-electron chi connectivity index (χ1n) is 10.8. The number of carbonyl (C=O) groups is 1. The zero-order chi connectivity index (χ0) is 20.4. The van der Waals surface area contributed by atoms with Gasteiger partial charge in [0.05, 0.1) is 0 Å². The first-order chi connectivity index (χ1) is 13.6. The number of Topliss-reactive ketones (excluding diaryl/α,β-unsaturated/α-hetero) is 1. The van der Waals surface area contributed by atoms with Crippen molar-refractivity contribution >= 4 is 17.2 Å². The standard InChI is InChI=1S/C25H36N2O/c1-5-26(6-2)24-15-11-9-13-21(24)17-19-23(28)20-18-22-14-10-12-16-25(22)27(7-3)8-4/h9-16H,5-8,17-20H2,1-4H3. The van der Waals surface area contributed by atoms with Crippen molar-refractivity contribution in [3.05, 3.63) is 59.7 Å². The van der Waals surface area contributed by atoms with Crippen LogP contribution in [0.2, 0.25) is 0 Å². The molecule has 0 heterocycles. The van der Waals surface area contributed by atoms with Crippen molar-refractivity contribution in [3.63, 3.8) is 0 Å². The second kappa shape index (κ2) is 11.5. The highest BCUT2D eigenvalue weighted by Crippen LogP contribution is 2.24. The second-order valence-corrected chi connectivity index (χ2v) is 7.14. The van der Waals surface area contributed by atoms with Crippen molar-refractivity contribution < 1.29 is 4.79 Å². The molecule has 0 aliphatic carbocycles. The average molecular weight is 381 g/mol. The molecular formula is C25H36N2O. The Kier molecular flexibility index (Phi) is 9.06. The van der Waals surface area contributed by atoms with Gasteiger partial charge in [0.1, 0.15) is 5.78 Å². The zero-order valence-corrected chi connectivity index (χ0v) is 18.1. The van der Waals surface area contributed by atoms with Gasteiger partial charge in [0.2, 0.25) is 0 Å². The summed E-state index contributed by atoms with van der Waals surface area (Å²) in [7, 11) is 0. The smallest absolute Gasteiger partial charge is 0.133 e. The molecule has 0 aliphatic heterocycles. The number of benzene rings is 2.